The molecule has 0 saturated heterocycles. The Morgan fingerprint density at radius 3 is 2.80 bits per heavy atom. The average molecular weight is 242 g/mol. The molecule has 0 bridgehead atoms. The summed E-state index contributed by atoms with van der Waals surface area (Å²) >= 11 is 7.51. The summed E-state index contributed by atoms with van der Waals surface area (Å²) in [6.45, 7) is 4.77. The predicted molar refractivity (Wildman–Crippen MR) is 62.5 cm³/mol. The van der Waals surface area contributed by atoms with E-state index in [4.69, 9.17) is 11.6 Å². The summed E-state index contributed by atoms with van der Waals surface area (Å²) in [4.78, 5) is 4.24. The number of hydrogen-bond acceptors (Lipinski definition) is 3. The number of thiazole rings is 1. The summed E-state index contributed by atoms with van der Waals surface area (Å²) in [7, 11) is 0. The first kappa shape index (κ1) is 10.6. The Kier molecular flexibility index (Phi) is 3.07. The zero-order valence-electron chi connectivity index (χ0n) is 8.70. The number of halogens is 1. The third-order valence-corrected chi connectivity index (χ3v) is 3.47. The maximum atomic E-state index is 5.87. The van der Waals surface area contributed by atoms with Crippen LogP contribution in [-0.2, 0) is 12.4 Å². The molecule has 0 atom stereocenters. The van der Waals surface area contributed by atoms with Crippen molar-refractivity contribution in [1.29, 1.82) is 0 Å². The zero-order valence-corrected chi connectivity index (χ0v) is 10.3. The standard InChI is InChI=1S/C10H12ClN3S/c1-7-9(5-11)8(2)14(13-7)6-10-12-3-4-15-10/h3-4H,5-6H2,1-2H3. The number of hydrogen-bond donors (Lipinski definition) is 0. The van der Waals surface area contributed by atoms with E-state index < -0.39 is 0 Å². The van der Waals surface area contributed by atoms with Crippen LogP contribution in [0.25, 0.3) is 0 Å². The SMILES string of the molecule is Cc1nn(Cc2nccs2)c(C)c1CCl. The second kappa shape index (κ2) is 4.33. The van der Waals surface area contributed by atoms with E-state index in [1.54, 1.807) is 11.3 Å². The van der Waals surface area contributed by atoms with Crippen molar-refractivity contribution >= 4 is 22.9 Å². The van der Waals surface area contributed by atoms with Crippen molar-refractivity contribution in [2.24, 2.45) is 0 Å². The van der Waals surface area contributed by atoms with Crippen LogP contribution in [0.5, 0.6) is 0 Å². The van der Waals surface area contributed by atoms with Crippen molar-refractivity contribution < 1.29 is 0 Å². The molecule has 0 aromatic carbocycles. The Morgan fingerprint density at radius 2 is 2.27 bits per heavy atom. The molecule has 2 heterocycles. The lowest BCUT2D eigenvalue weighted by molar-refractivity contribution is 0.655. The van der Waals surface area contributed by atoms with Gasteiger partial charge in [-0.2, -0.15) is 5.10 Å². The molecule has 0 spiro atoms. The Hall–Kier alpha value is -0.870. The van der Waals surface area contributed by atoms with Gasteiger partial charge in [-0.05, 0) is 13.8 Å². The van der Waals surface area contributed by atoms with E-state index in [1.165, 1.54) is 0 Å². The fourth-order valence-electron chi connectivity index (χ4n) is 1.54. The predicted octanol–water partition coefficient (Wildman–Crippen LogP) is 2.74. The Bertz CT molecular complexity index is 447. The van der Waals surface area contributed by atoms with E-state index in [2.05, 4.69) is 10.1 Å². The van der Waals surface area contributed by atoms with Gasteiger partial charge in [0.2, 0.25) is 0 Å². The molecular formula is C10H12ClN3S. The normalized spacial score (nSPS) is 10.9. The van der Waals surface area contributed by atoms with Gasteiger partial charge in [-0.1, -0.05) is 0 Å². The lowest BCUT2D eigenvalue weighted by atomic mass is 10.2. The fraction of sp³-hybridized carbons (Fsp3) is 0.400. The van der Waals surface area contributed by atoms with Crippen molar-refractivity contribution in [3.8, 4) is 0 Å². The van der Waals surface area contributed by atoms with Gasteiger partial charge in [0.1, 0.15) is 5.01 Å². The molecule has 0 aliphatic heterocycles. The molecule has 2 rings (SSSR count). The molecule has 0 saturated carbocycles. The second-order valence-electron chi connectivity index (χ2n) is 3.37. The van der Waals surface area contributed by atoms with Crippen molar-refractivity contribution in [3.63, 3.8) is 0 Å². The van der Waals surface area contributed by atoms with Crippen molar-refractivity contribution in [2.75, 3.05) is 0 Å². The Labute approximate surface area is 97.7 Å². The maximum Gasteiger partial charge on any atom is 0.114 e. The van der Waals surface area contributed by atoms with Gasteiger partial charge in [0.15, 0.2) is 0 Å². The van der Waals surface area contributed by atoms with Gasteiger partial charge in [-0.15, -0.1) is 22.9 Å². The zero-order chi connectivity index (χ0) is 10.8. The lowest BCUT2D eigenvalue weighted by Gasteiger charge is -2.01. The second-order valence-corrected chi connectivity index (χ2v) is 4.61. The highest BCUT2D eigenvalue weighted by Crippen LogP contribution is 2.17. The molecule has 0 amide bonds. The number of aryl methyl sites for hydroxylation is 1. The fourth-order valence-corrected chi connectivity index (χ4v) is 2.52. The molecule has 5 heteroatoms. The van der Waals surface area contributed by atoms with Crippen LogP contribution in [0.2, 0.25) is 0 Å². The van der Waals surface area contributed by atoms with Crippen LogP contribution in [0, 0.1) is 13.8 Å². The van der Waals surface area contributed by atoms with E-state index in [1.807, 2.05) is 30.1 Å². The summed E-state index contributed by atoms with van der Waals surface area (Å²) in [6, 6.07) is 0. The number of alkyl halides is 1. The summed E-state index contributed by atoms with van der Waals surface area (Å²) < 4.78 is 1.96. The maximum absolute atomic E-state index is 5.87. The number of aromatic nitrogens is 3. The summed E-state index contributed by atoms with van der Waals surface area (Å²) in [5, 5.41) is 7.50. The summed E-state index contributed by atoms with van der Waals surface area (Å²) in [5.41, 5.74) is 3.28. The number of rotatable bonds is 3. The molecule has 2 aromatic heterocycles. The lowest BCUT2D eigenvalue weighted by Crippen LogP contribution is -2.03. The topological polar surface area (TPSA) is 30.7 Å². The van der Waals surface area contributed by atoms with Gasteiger partial charge in [-0.25, -0.2) is 4.98 Å². The Morgan fingerprint density at radius 1 is 1.47 bits per heavy atom. The van der Waals surface area contributed by atoms with Gasteiger partial charge >= 0.3 is 0 Å². The van der Waals surface area contributed by atoms with Crippen LogP contribution >= 0.6 is 22.9 Å². The van der Waals surface area contributed by atoms with E-state index >= 15 is 0 Å². The van der Waals surface area contributed by atoms with Crippen LogP contribution in [0.4, 0.5) is 0 Å². The molecular weight excluding hydrogens is 230 g/mol. The van der Waals surface area contributed by atoms with Gasteiger partial charge in [0, 0.05) is 22.8 Å². The van der Waals surface area contributed by atoms with Crippen LogP contribution < -0.4 is 0 Å². The van der Waals surface area contributed by atoms with Crippen molar-refractivity contribution in [3.05, 3.63) is 33.5 Å². The smallest absolute Gasteiger partial charge is 0.114 e. The van der Waals surface area contributed by atoms with Crippen LogP contribution in [0.1, 0.15) is 22.0 Å². The molecule has 0 N–H and O–H groups in total. The summed E-state index contributed by atoms with van der Waals surface area (Å²) in [6.07, 6.45) is 1.81. The minimum absolute atomic E-state index is 0.523. The van der Waals surface area contributed by atoms with E-state index in [-0.39, 0.29) is 0 Å². The molecule has 15 heavy (non-hydrogen) atoms. The monoisotopic (exact) mass is 241 g/mol. The molecule has 0 radical (unpaired) electrons. The molecule has 3 nitrogen and oxygen atoms in total. The first-order chi connectivity index (χ1) is 7.22. The first-order valence-electron chi connectivity index (χ1n) is 4.69. The largest absolute Gasteiger partial charge is 0.262 e. The van der Waals surface area contributed by atoms with Gasteiger partial charge in [-0.3, -0.25) is 4.68 Å². The van der Waals surface area contributed by atoms with Crippen LogP contribution in [-0.4, -0.2) is 14.8 Å². The van der Waals surface area contributed by atoms with Crippen LogP contribution in [0.3, 0.4) is 0 Å². The molecule has 0 unspecified atom stereocenters. The highest BCUT2D eigenvalue weighted by atomic mass is 35.5. The minimum Gasteiger partial charge on any atom is -0.262 e. The van der Waals surface area contributed by atoms with Crippen molar-refractivity contribution in [1.82, 2.24) is 14.8 Å². The molecule has 80 valence electrons. The minimum atomic E-state index is 0.523. The van der Waals surface area contributed by atoms with Gasteiger partial charge in [0.25, 0.3) is 0 Å². The highest BCUT2D eigenvalue weighted by molar-refractivity contribution is 7.09. The number of nitrogens with zero attached hydrogens (tertiary/aromatic N) is 3. The quantitative estimate of drug-likeness (QED) is 0.774. The van der Waals surface area contributed by atoms with Gasteiger partial charge in [0.05, 0.1) is 18.1 Å². The van der Waals surface area contributed by atoms with E-state index in [0.717, 1.165) is 28.5 Å². The first-order valence-corrected chi connectivity index (χ1v) is 6.11. The van der Waals surface area contributed by atoms with Crippen molar-refractivity contribution in [2.45, 2.75) is 26.3 Å². The van der Waals surface area contributed by atoms with E-state index in [9.17, 15) is 0 Å². The highest BCUT2D eigenvalue weighted by Gasteiger charge is 2.10. The third-order valence-electron chi connectivity index (χ3n) is 2.43. The summed E-state index contributed by atoms with van der Waals surface area (Å²) in [5.74, 6) is 0.523. The molecule has 0 aliphatic carbocycles. The van der Waals surface area contributed by atoms with Gasteiger partial charge < -0.3 is 0 Å². The third kappa shape index (κ3) is 2.06. The molecule has 0 fully saturated rings. The van der Waals surface area contributed by atoms with Crippen LogP contribution in [0.15, 0.2) is 11.6 Å². The average Bonchev–Trinajstić information content (AvgIpc) is 2.78. The van der Waals surface area contributed by atoms with E-state index in [0.29, 0.717) is 5.88 Å². The molecule has 0 aliphatic rings. The molecule has 2 aromatic rings. The Balaban J connectivity index is 2.29.